The Morgan fingerprint density at radius 2 is 1.52 bits per heavy atom. The van der Waals surface area contributed by atoms with Crippen LogP contribution >= 0.6 is 0 Å². The van der Waals surface area contributed by atoms with E-state index in [2.05, 4.69) is 55.8 Å². The van der Waals surface area contributed by atoms with Crippen LogP contribution in [0.15, 0.2) is 66.7 Å². The SMILES string of the molecule is COc1cc(C[C@H](Nc2cccc(-c3ccccc3)c2)C(=O)N[C@H](C(=O)N[C@@H](CC(C)C)B2O[C@H]3[C@H]4C[C@@H](C[C@H]3O2)C4(C)C)C(C)C)cc(OC)c1OC. The lowest BCUT2D eigenvalue weighted by molar-refractivity contribution is -0.150. The van der Waals surface area contributed by atoms with Crippen LogP contribution in [0.25, 0.3) is 11.1 Å². The van der Waals surface area contributed by atoms with Gasteiger partial charge >= 0.3 is 7.12 Å². The highest BCUT2D eigenvalue weighted by molar-refractivity contribution is 6.47. The minimum Gasteiger partial charge on any atom is -0.493 e. The lowest BCUT2D eigenvalue weighted by Gasteiger charge is -2.60. The van der Waals surface area contributed by atoms with Crippen molar-refractivity contribution in [2.75, 3.05) is 26.6 Å². The fourth-order valence-corrected chi connectivity index (χ4v) is 8.68. The number of benzene rings is 3. The highest BCUT2D eigenvalue weighted by Crippen LogP contribution is 2.61. The summed E-state index contributed by atoms with van der Waals surface area (Å²) in [5.74, 6) is 1.73. The molecule has 0 aromatic heterocycles. The minimum absolute atomic E-state index is 0.0459. The second kappa shape index (κ2) is 16.7. The van der Waals surface area contributed by atoms with Gasteiger partial charge in [0.25, 0.3) is 0 Å². The van der Waals surface area contributed by atoms with Gasteiger partial charge in [0.2, 0.25) is 17.6 Å². The maximum atomic E-state index is 14.5. The Hall–Kier alpha value is -4.22. The van der Waals surface area contributed by atoms with E-state index in [4.69, 9.17) is 23.5 Å². The van der Waals surface area contributed by atoms with E-state index in [1.807, 2.05) is 68.4 Å². The molecule has 3 aromatic carbocycles. The number of carbonyl (C=O) groups is 2. The molecule has 3 aromatic rings. The first kappa shape index (κ1) is 39.5. The van der Waals surface area contributed by atoms with E-state index in [0.717, 1.165) is 28.8 Å². The van der Waals surface area contributed by atoms with E-state index < -0.39 is 19.2 Å². The lowest BCUT2D eigenvalue weighted by atomic mass is 9.47. The smallest absolute Gasteiger partial charge is 0.481 e. The number of rotatable bonds is 16. The lowest BCUT2D eigenvalue weighted by Crippen LogP contribution is -2.59. The van der Waals surface area contributed by atoms with Crippen LogP contribution in [0.3, 0.4) is 0 Å². The first-order valence-corrected chi connectivity index (χ1v) is 19.4. The van der Waals surface area contributed by atoms with Crippen molar-refractivity contribution in [3.05, 3.63) is 72.3 Å². The van der Waals surface area contributed by atoms with Crippen molar-refractivity contribution in [1.29, 1.82) is 0 Å². The van der Waals surface area contributed by atoms with Gasteiger partial charge in [0.05, 0.1) is 39.5 Å². The molecule has 1 aliphatic heterocycles. The molecule has 0 unspecified atom stereocenters. The maximum Gasteiger partial charge on any atom is 0.481 e. The van der Waals surface area contributed by atoms with Gasteiger partial charge in [0.15, 0.2) is 11.5 Å². The van der Waals surface area contributed by atoms with Crippen LogP contribution in [0.1, 0.15) is 66.4 Å². The predicted molar refractivity (Wildman–Crippen MR) is 213 cm³/mol. The molecule has 290 valence electrons. The highest BCUT2D eigenvalue weighted by atomic mass is 16.7. The molecule has 0 radical (unpaired) electrons. The van der Waals surface area contributed by atoms with Crippen LogP contribution in [0, 0.1) is 29.1 Å². The van der Waals surface area contributed by atoms with Crippen LogP contribution in [0.5, 0.6) is 17.2 Å². The molecular weight excluding hydrogens is 681 g/mol. The van der Waals surface area contributed by atoms with Gasteiger partial charge in [-0.3, -0.25) is 9.59 Å². The average molecular weight is 740 g/mol. The molecule has 3 N–H and O–H groups in total. The second-order valence-corrected chi connectivity index (χ2v) is 16.6. The molecule has 2 bridgehead atoms. The monoisotopic (exact) mass is 739 g/mol. The van der Waals surface area contributed by atoms with Crippen molar-refractivity contribution in [3.63, 3.8) is 0 Å². The number of hydrogen-bond donors (Lipinski definition) is 3. The van der Waals surface area contributed by atoms with E-state index in [9.17, 15) is 9.59 Å². The molecule has 7 atom stereocenters. The Balaban J connectivity index is 1.23. The highest BCUT2D eigenvalue weighted by Gasteiger charge is 2.62. The zero-order valence-corrected chi connectivity index (χ0v) is 33.3. The summed E-state index contributed by atoms with van der Waals surface area (Å²) in [7, 11) is 4.16. The van der Waals surface area contributed by atoms with Crippen molar-refractivity contribution in [1.82, 2.24) is 10.6 Å². The molecule has 1 heterocycles. The van der Waals surface area contributed by atoms with Crippen molar-refractivity contribution >= 4 is 24.6 Å². The number of methoxy groups -OCH3 is 3. The Morgan fingerprint density at radius 1 is 0.833 bits per heavy atom. The third-order valence-electron chi connectivity index (χ3n) is 11.8. The topological polar surface area (TPSA) is 116 Å². The molecule has 3 saturated carbocycles. The number of hydrogen-bond acceptors (Lipinski definition) is 8. The first-order chi connectivity index (χ1) is 25.8. The molecule has 1 saturated heterocycles. The molecule has 0 spiro atoms. The van der Waals surface area contributed by atoms with E-state index in [0.29, 0.717) is 41.4 Å². The first-order valence-electron chi connectivity index (χ1n) is 19.4. The van der Waals surface area contributed by atoms with Gasteiger partial charge < -0.3 is 39.5 Å². The van der Waals surface area contributed by atoms with Crippen molar-refractivity contribution in [2.24, 2.45) is 29.1 Å². The zero-order chi connectivity index (χ0) is 38.7. The van der Waals surface area contributed by atoms with Crippen molar-refractivity contribution in [2.45, 2.75) is 97.5 Å². The molecule has 54 heavy (non-hydrogen) atoms. The third-order valence-corrected chi connectivity index (χ3v) is 11.8. The zero-order valence-electron chi connectivity index (χ0n) is 33.3. The Kier molecular flexibility index (Phi) is 12.2. The largest absolute Gasteiger partial charge is 0.493 e. The molecule has 3 aliphatic carbocycles. The van der Waals surface area contributed by atoms with E-state index in [1.54, 1.807) is 21.3 Å². The molecule has 4 aliphatic rings. The van der Waals surface area contributed by atoms with Crippen LogP contribution < -0.4 is 30.2 Å². The van der Waals surface area contributed by atoms with E-state index in [1.165, 1.54) is 6.42 Å². The fraction of sp³-hybridized carbons (Fsp3) is 0.535. The average Bonchev–Trinajstić information content (AvgIpc) is 3.61. The van der Waals surface area contributed by atoms with Gasteiger partial charge in [0, 0.05) is 12.1 Å². The third kappa shape index (κ3) is 8.37. The number of nitrogens with one attached hydrogen (secondary N) is 3. The van der Waals surface area contributed by atoms with Crippen LogP contribution in [0.2, 0.25) is 0 Å². The molecule has 7 rings (SSSR count). The summed E-state index contributed by atoms with van der Waals surface area (Å²) in [5.41, 5.74) is 3.88. The Morgan fingerprint density at radius 3 is 2.13 bits per heavy atom. The summed E-state index contributed by atoms with van der Waals surface area (Å²) in [5, 5.41) is 9.88. The predicted octanol–water partition coefficient (Wildman–Crippen LogP) is 6.95. The fourth-order valence-electron chi connectivity index (χ4n) is 8.68. The Bertz CT molecular complexity index is 1740. The summed E-state index contributed by atoms with van der Waals surface area (Å²) >= 11 is 0. The van der Waals surface area contributed by atoms with Gasteiger partial charge in [-0.1, -0.05) is 84.0 Å². The molecule has 4 fully saturated rings. The normalized spacial score (nSPS) is 22.8. The summed E-state index contributed by atoms with van der Waals surface area (Å²) in [4.78, 5) is 28.7. The number of anilines is 1. The molecule has 11 heteroatoms. The van der Waals surface area contributed by atoms with Crippen molar-refractivity contribution in [3.8, 4) is 28.4 Å². The van der Waals surface area contributed by atoms with Gasteiger partial charge in [-0.2, -0.15) is 0 Å². The number of amides is 2. The maximum absolute atomic E-state index is 14.5. The molecule has 2 amide bonds. The molecule has 10 nitrogen and oxygen atoms in total. The summed E-state index contributed by atoms with van der Waals surface area (Å²) in [6.45, 7) is 12.8. The van der Waals surface area contributed by atoms with Crippen LogP contribution in [-0.2, 0) is 25.3 Å². The van der Waals surface area contributed by atoms with Gasteiger partial charge in [-0.15, -0.1) is 0 Å². The number of carbonyl (C=O) groups excluding carboxylic acids is 2. The minimum atomic E-state index is -0.803. The number of ether oxygens (including phenoxy) is 3. The van der Waals surface area contributed by atoms with E-state index >= 15 is 0 Å². The molecular formula is C43H58BN3O7. The van der Waals surface area contributed by atoms with Gasteiger partial charge in [0.1, 0.15) is 12.1 Å². The Labute approximate surface area is 321 Å². The second-order valence-electron chi connectivity index (χ2n) is 16.6. The standard InChI is InChI=1S/C43H58BN3O7/c1-25(2)18-37(44-53-36-24-30-23-32(39(36)54-44)43(30,5)6)46-42(49)38(26(3)4)47-41(48)33(19-27-20-34(50-7)40(52-9)35(21-27)51-8)45-31-17-13-16-29(22-31)28-14-11-10-12-15-28/h10-17,20-22,25-26,30,32-33,36-39,45H,18-19,23-24H2,1-9H3,(H,46,49)(H,47,48)/t30-,32+,33-,36+,37-,38-,39-/m0/s1. The summed E-state index contributed by atoms with van der Waals surface area (Å²) < 4.78 is 30.0. The van der Waals surface area contributed by atoms with E-state index in [-0.39, 0.29) is 47.7 Å². The van der Waals surface area contributed by atoms with Crippen LogP contribution in [0.4, 0.5) is 5.69 Å². The quantitative estimate of drug-likeness (QED) is 0.135. The van der Waals surface area contributed by atoms with Crippen molar-refractivity contribution < 1.29 is 33.1 Å². The van der Waals surface area contributed by atoms with Crippen LogP contribution in [-0.4, -0.2) is 70.5 Å². The summed E-state index contributed by atoms with van der Waals surface area (Å²) in [6.07, 6.45) is 3.23. The summed E-state index contributed by atoms with van der Waals surface area (Å²) in [6, 6.07) is 20.2. The van der Waals surface area contributed by atoms with Gasteiger partial charge in [-0.25, -0.2) is 0 Å². The van der Waals surface area contributed by atoms with Gasteiger partial charge in [-0.05, 0) is 89.3 Å².